The molecule has 204 valence electrons. The molecular formula is C25H26F4N4O5. The Bertz CT molecular complexity index is 1220. The third kappa shape index (κ3) is 7.05. The number of benzene rings is 1. The minimum atomic E-state index is -5.08. The molecule has 1 saturated heterocycles. The Balaban J connectivity index is 0.000000505. The van der Waals surface area contributed by atoms with E-state index in [0.29, 0.717) is 49.3 Å². The number of aryl methyl sites for hydroxylation is 1. The van der Waals surface area contributed by atoms with Crippen LogP contribution < -0.4 is 0 Å². The van der Waals surface area contributed by atoms with Gasteiger partial charge in [-0.3, -0.25) is 14.6 Å². The van der Waals surface area contributed by atoms with E-state index < -0.39 is 23.6 Å². The molecule has 0 saturated carbocycles. The standard InChI is InChI=1S/C23H25FN4O3.C2HF3O2/c1-16-7-8-17(12-19(16)24)21(29)28-11-5-9-23(15-28)13-20(26-31-23)22(30)27(2)14-18-6-3-4-10-25-18;3-2(4,5)1(6)7/h3-4,6-8,10,12H,5,9,11,13-15H2,1-2H3;(H,6,7). The van der Waals surface area contributed by atoms with E-state index >= 15 is 0 Å². The molecule has 13 heteroatoms. The molecule has 1 unspecified atom stereocenters. The van der Waals surface area contributed by atoms with Crippen molar-refractivity contribution in [1.82, 2.24) is 14.8 Å². The van der Waals surface area contributed by atoms with Gasteiger partial charge in [0.1, 0.15) is 11.5 Å². The van der Waals surface area contributed by atoms with Crippen LogP contribution in [-0.4, -0.2) is 75.3 Å². The summed E-state index contributed by atoms with van der Waals surface area (Å²) in [4.78, 5) is 47.9. The van der Waals surface area contributed by atoms with E-state index in [4.69, 9.17) is 14.7 Å². The van der Waals surface area contributed by atoms with E-state index in [1.54, 1.807) is 42.1 Å². The predicted octanol–water partition coefficient (Wildman–Crippen LogP) is 3.57. The first-order valence-corrected chi connectivity index (χ1v) is 11.6. The number of carboxylic acid groups (broad SMARTS) is 1. The van der Waals surface area contributed by atoms with Crippen molar-refractivity contribution in [3.8, 4) is 0 Å². The monoisotopic (exact) mass is 538 g/mol. The van der Waals surface area contributed by atoms with Crippen molar-refractivity contribution in [2.45, 2.75) is 44.5 Å². The number of oxime groups is 1. The van der Waals surface area contributed by atoms with Gasteiger partial charge in [-0.05, 0) is 49.6 Å². The summed E-state index contributed by atoms with van der Waals surface area (Å²) in [6.45, 7) is 2.90. The fraction of sp³-hybridized carbons (Fsp3) is 0.400. The SMILES string of the molecule is Cc1ccc(C(=O)N2CCCC3(CC(C(=O)N(C)Cc4ccccn4)=NO3)C2)cc1F.O=C(O)C(F)(F)F. The average molecular weight is 538 g/mol. The number of likely N-dealkylation sites (tertiary alicyclic amines) is 1. The van der Waals surface area contributed by atoms with Gasteiger partial charge in [-0.15, -0.1) is 0 Å². The van der Waals surface area contributed by atoms with Crippen molar-refractivity contribution in [2.24, 2.45) is 5.16 Å². The van der Waals surface area contributed by atoms with Crippen molar-refractivity contribution in [3.05, 3.63) is 65.2 Å². The zero-order valence-electron chi connectivity index (χ0n) is 20.7. The van der Waals surface area contributed by atoms with Crippen LogP contribution in [0.25, 0.3) is 0 Å². The number of aliphatic carboxylic acids is 1. The lowest BCUT2D eigenvalue weighted by molar-refractivity contribution is -0.192. The highest BCUT2D eigenvalue weighted by molar-refractivity contribution is 6.39. The molecule has 3 heterocycles. The van der Waals surface area contributed by atoms with E-state index in [0.717, 1.165) is 12.1 Å². The van der Waals surface area contributed by atoms with Gasteiger partial charge >= 0.3 is 12.1 Å². The molecule has 1 fully saturated rings. The second kappa shape index (κ2) is 11.6. The number of halogens is 4. The van der Waals surface area contributed by atoms with Gasteiger partial charge in [0.05, 0.1) is 18.8 Å². The first-order valence-electron chi connectivity index (χ1n) is 11.6. The van der Waals surface area contributed by atoms with Crippen LogP contribution in [0.3, 0.4) is 0 Å². The molecule has 1 spiro atoms. The summed E-state index contributed by atoms with van der Waals surface area (Å²) in [6, 6.07) is 10.1. The van der Waals surface area contributed by atoms with Crippen LogP contribution in [0.4, 0.5) is 17.6 Å². The van der Waals surface area contributed by atoms with Crippen LogP contribution in [-0.2, 0) is 21.0 Å². The number of rotatable bonds is 4. The molecule has 2 amide bonds. The van der Waals surface area contributed by atoms with Crippen molar-refractivity contribution < 1.29 is 41.9 Å². The zero-order chi connectivity index (χ0) is 28.1. The van der Waals surface area contributed by atoms with Crippen LogP contribution in [0.1, 0.15) is 40.9 Å². The van der Waals surface area contributed by atoms with Gasteiger partial charge in [0.15, 0.2) is 5.60 Å². The molecule has 2 aliphatic heterocycles. The summed E-state index contributed by atoms with van der Waals surface area (Å²) in [5, 5.41) is 11.2. The number of carbonyl (C=O) groups excluding carboxylic acids is 2. The maximum Gasteiger partial charge on any atom is 0.490 e. The number of hydrogen-bond acceptors (Lipinski definition) is 6. The lowest BCUT2D eigenvalue weighted by atomic mass is 9.87. The molecule has 1 aromatic carbocycles. The van der Waals surface area contributed by atoms with Crippen LogP contribution >= 0.6 is 0 Å². The second-order valence-corrected chi connectivity index (χ2v) is 9.07. The van der Waals surface area contributed by atoms with Gasteiger partial charge in [0, 0.05) is 31.8 Å². The first kappa shape index (κ1) is 28.5. The lowest BCUT2D eigenvalue weighted by Gasteiger charge is -2.38. The number of alkyl halides is 3. The van der Waals surface area contributed by atoms with Crippen LogP contribution in [0.2, 0.25) is 0 Å². The lowest BCUT2D eigenvalue weighted by Crippen LogP contribution is -2.51. The molecule has 1 N–H and O–H groups in total. The van der Waals surface area contributed by atoms with E-state index in [1.165, 1.54) is 6.07 Å². The summed E-state index contributed by atoms with van der Waals surface area (Å²) in [6.07, 6.45) is -1.64. The first-order chi connectivity index (χ1) is 17.8. The molecule has 2 aromatic rings. The Morgan fingerprint density at radius 3 is 2.53 bits per heavy atom. The molecule has 0 aliphatic carbocycles. The molecule has 9 nitrogen and oxygen atoms in total. The highest BCUT2D eigenvalue weighted by Gasteiger charge is 2.46. The Kier molecular flexibility index (Phi) is 8.69. The Morgan fingerprint density at radius 1 is 1.21 bits per heavy atom. The maximum absolute atomic E-state index is 13.9. The van der Waals surface area contributed by atoms with E-state index in [2.05, 4.69) is 10.1 Å². The average Bonchev–Trinajstić information content (AvgIpc) is 3.28. The Hall–Kier alpha value is -4.03. The number of carbonyl (C=O) groups is 3. The fourth-order valence-electron chi connectivity index (χ4n) is 4.06. The second-order valence-electron chi connectivity index (χ2n) is 9.07. The maximum atomic E-state index is 13.9. The molecule has 1 aromatic heterocycles. The number of carboxylic acids is 1. The van der Waals surface area contributed by atoms with Crippen molar-refractivity contribution in [1.29, 1.82) is 0 Å². The summed E-state index contributed by atoms with van der Waals surface area (Å²) < 4.78 is 45.6. The molecule has 0 radical (unpaired) electrons. The van der Waals surface area contributed by atoms with Crippen LogP contribution in [0, 0.1) is 12.7 Å². The number of hydrogen-bond donors (Lipinski definition) is 1. The highest BCUT2D eigenvalue weighted by Crippen LogP contribution is 2.34. The van der Waals surface area contributed by atoms with Crippen LogP contribution in [0.15, 0.2) is 47.8 Å². The van der Waals surface area contributed by atoms with E-state index in [1.807, 2.05) is 18.2 Å². The summed E-state index contributed by atoms with van der Waals surface area (Å²) in [7, 11) is 1.70. The summed E-state index contributed by atoms with van der Waals surface area (Å²) in [5.74, 6) is -3.62. The molecule has 2 aliphatic rings. The quantitative estimate of drug-likeness (QED) is 0.596. The number of aromatic nitrogens is 1. The summed E-state index contributed by atoms with van der Waals surface area (Å²) >= 11 is 0. The number of amides is 2. The normalized spacial score (nSPS) is 18.7. The number of pyridine rings is 1. The van der Waals surface area contributed by atoms with Gasteiger partial charge in [-0.2, -0.15) is 13.2 Å². The smallest absolute Gasteiger partial charge is 0.475 e. The third-order valence-corrected chi connectivity index (χ3v) is 6.05. The minimum absolute atomic E-state index is 0.216. The predicted molar refractivity (Wildman–Crippen MR) is 127 cm³/mol. The van der Waals surface area contributed by atoms with Crippen LogP contribution in [0.5, 0.6) is 0 Å². The molecule has 1 atom stereocenters. The van der Waals surface area contributed by atoms with E-state index in [9.17, 15) is 27.2 Å². The number of piperidine rings is 1. The van der Waals surface area contributed by atoms with Gasteiger partial charge < -0.3 is 19.7 Å². The Morgan fingerprint density at radius 2 is 1.92 bits per heavy atom. The molecule has 38 heavy (non-hydrogen) atoms. The minimum Gasteiger partial charge on any atom is -0.475 e. The highest BCUT2D eigenvalue weighted by atomic mass is 19.4. The van der Waals surface area contributed by atoms with Gasteiger partial charge in [-0.25, -0.2) is 9.18 Å². The van der Waals surface area contributed by atoms with Crippen molar-refractivity contribution >= 4 is 23.5 Å². The molecular weight excluding hydrogens is 512 g/mol. The molecule has 4 rings (SSSR count). The zero-order valence-corrected chi connectivity index (χ0v) is 20.7. The largest absolute Gasteiger partial charge is 0.490 e. The van der Waals surface area contributed by atoms with Gasteiger partial charge in [0.25, 0.3) is 11.8 Å². The van der Waals surface area contributed by atoms with Crippen molar-refractivity contribution in [2.75, 3.05) is 20.1 Å². The third-order valence-electron chi connectivity index (χ3n) is 6.05. The van der Waals surface area contributed by atoms with Crippen molar-refractivity contribution in [3.63, 3.8) is 0 Å². The number of nitrogens with zero attached hydrogens (tertiary/aromatic N) is 4. The molecule has 0 bridgehead atoms. The van der Waals surface area contributed by atoms with E-state index in [-0.39, 0.29) is 11.8 Å². The summed E-state index contributed by atoms with van der Waals surface area (Å²) in [5.41, 5.74) is 1.22. The van der Waals surface area contributed by atoms with Gasteiger partial charge in [-0.1, -0.05) is 17.3 Å². The topological polar surface area (TPSA) is 112 Å². The Labute approximate surface area is 215 Å². The van der Waals surface area contributed by atoms with Gasteiger partial charge in [0.2, 0.25) is 0 Å². The fourth-order valence-corrected chi connectivity index (χ4v) is 4.06.